The first-order valence-corrected chi connectivity index (χ1v) is 12.3. The van der Waals surface area contributed by atoms with Crippen LogP contribution in [0.1, 0.15) is 118 Å². The second-order valence-electron chi connectivity index (χ2n) is 12.1. The average molecular weight is 372 g/mol. The van der Waals surface area contributed by atoms with E-state index in [1.165, 1.54) is 89.9 Å². The molecule has 5 atom stereocenters. The maximum Gasteiger partial charge on any atom is 0.0193 e. The van der Waals surface area contributed by atoms with Crippen LogP contribution < -0.4 is 5.32 Å². The lowest BCUT2D eigenvalue weighted by atomic mass is 9.66. The predicted octanol–water partition coefficient (Wildman–Crippen LogP) is 7.41. The van der Waals surface area contributed by atoms with Crippen LogP contribution in [0.2, 0.25) is 0 Å². The zero-order valence-corrected chi connectivity index (χ0v) is 18.7. The lowest BCUT2D eigenvalue weighted by molar-refractivity contribution is 0.108. The van der Waals surface area contributed by atoms with Gasteiger partial charge in [-0.15, -0.1) is 0 Å². The Morgan fingerprint density at radius 1 is 0.778 bits per heavy atom. The third kappa shape index (κ3) is 4.65. The highest BCUT2D eigenvalue weighted by molar-refractivity contribution is 5.32. The third-order valence-electron chi connectivity index (χ3n) is 9.10. The van der Waals surface area contributed by atoms with Gasteiger partial charge in [0.25, 0.3) is 0 Å². The summed E-state index contributed by atoms with van der Waals surface area (Å²) >= 11 is 0. The summed E-state index contributed by atoms with van der Waals surface area (Å²) in [7, 11) is 0. The largest absolute Gasteiger partial charge is 0.308 e. The van der Waals surface area contributed by atoms with Crippen LogP contribution in [0.15, 0.2) is 11.6 Å². The maximum atomic E-state index is 4.33. The van der Waals surface area contributed by atoms with Crippen molar-refractivity contribution in [2.24, 2.45) is 22.7 Å². The Hall–Kier alpha value is -0.300. The van der Waals surface area contributed by atoms with Gasteiger partial charge in [0.05, 0.1) is 0 Å². The topological polar surface area (TPSA) is 12.0 Å². The quantitative estimate of drug-likeness (QED) is 0.437. The van der Waals surface area contributed by atoms with Crippen LogP contribution in [0.3, 0.4) is 0 Å². The summed E-state index contributed by atoms with van der Waals surface area (Å²) in [6.07, 6.45) is 22.6. The van der Waals surface area contributed by atoms with Gasteiger partial charge in [-0.2, -0.15) is 0 Å². The first-order chi connectivity index (χ1) is 12.8. The van der Waals surface area contributed by atoms with Crippen molar-refractivity contribution in [1.29, 1.82) is 0 Å². The Morgan fingerprint density at radius 2 is 1.44 bits per heavy atom. The molecule has 0 spiro atoms. The zero-order valence-electron chi connectivity index (χ0n) is 18.7. The molecule has 0 amide bonds. The molecule has 4 aliphatic rings. The molecular weight excluding hydrogens is 326 g/mol. The molecule has 1 N–H and O–H groups in total. The molecule has 2 heterocycles. The molecule has 2 aliphatic heterocycles. The molecule has 0 aromatic carbocycles. The molecule has 1 heteroatoms. The number of fused-ring (bicyclic) bond motifs is 5. The van der Waals surface area contributed by atoms with E-state index in [1.54, 1.807) is 0 Å². The number of hydrogen-bond donors (Lipinski definition) is 1. The van der Waals surface area contributed by atoms with Crippen LogP contribution in [0.5, 0.6) is 0 Å². The van der Waals surface area contributed by atoms with Crippen molar-refractivity contribution in [2.45, 2.75) is 129 Å². The third-order valence-corrected chi connectivity index (χ3v) is 9.10. The summed E-state index contributed by atoms with van der Waals surface area (Å²) in [4.78, 5) is 0. The Labute approximate surface area is 169 Å². The van der Waals surface area contributed by atoms with E-state index in [9.17, 15) is 0 Å². The van der Waals surface area contributed by atoms with Gasteiger partial charge in [0.2, 0.25) is 0 Å². The molecule has 3 bridgehead atoms. The fraction of sp³-hybridized carbons (Fsp3) is 0.923. The second-order valence-corrected chi connectivity index (χ2v) is 12.1. The summed E-state index contributed by atoms with van der Waals surface area (Å²) in [5.41, 5.74) is 3.31. The minimum absolute atomic E-state index is 0.350. The summed E-state index contributed by atoms with van der Waals surface area (Å²) < 4.78 is 0. The highest BCUT2D eigenvalue weighted by Crippen LogP contribution is 2.52. The van der Waals surface area contributed by atoms with Gasteiger partial charge in [-0.05, 0) is 94.3 Å². The van der Waals surface area contributed by atoms with E-state index in [0.29, 0.717) is 16.4 Å². The van der Waals surface area contributed by atoms with Crippen molar-refractivity contribution in [3.8, 4) is 0 Å². The molecule has 0 aromatic heterocycles. The molecule has 1 saturated carbocycles. The lowest BCUT2D eigenvalue weighted by Gasteiger charge is -2.46. The van der Waals surface area contributed by atoms with E-state index in [1.807, 2.05) is 5.57 Å². The summed E-state index contributed by atoms with van der Waals surface area (Å²) in [6, 6.07) is 0.747. The van der Waals surface area contributed by atoms with Crippen LogP contribution in [0.4, 0.5) is 0 Å². The highest BCUT2D eigenvalue weighted by Gasteiger charge is 2.47. The summed E-state index contributed by atoms with van der Waals surface area (Å²) in [5.74, 6) is 1.68. The van der Waals surface area contributed by atoms with Gasteiger partial charge in [0, 0.05) is 17.5 Å². The predicted molar refractivity (Wildman–Crippen MR) is 117 cm³/mol. The minimum Gasteiger partial charge on any atom is -0.308 e. The molecule has 2 aliphatic carbocycles. The van der Waals surface area contributed by atoms with E-state index in [-0.39, 0.29) is 0 Å². The smallest absolute Gasteiger partial charge is 0.0193 e. The van der Waals surface area contributed by atoms with Crippen molar-refractivity contribution in [3.05, 3.63) is 11.6 Å². The normalized spacial score (nSPS) is 45.5. The Morgan fingerprint density at radius 3 is 2.22 bits per heavy atom. The molecule has 3 fully saturated rings. The van der Waals surface area contributed by atoms with Crippen LogP contribution in [-0.2, 0) is 0 Å². The zero-order chi connectivity index (χ0) is 19.1. The van der Waals surface area contributed by atoms with Gasteiger partial charge in [-0.1, -0.05) is 51.7 Å². The van der Waals surface area contributed by atoms with E-state index < -0.39 is 0 Å². The van der Waals surface area contributed by atoms with Gasteiger partial charge in [0.15, 0.2) is 0 Å². The molecule has 27 heavy (non-hydrogen) atoms. The second kappa shape index (κ2) is 7.51. The fourth-order valence-electron chi connectivity index (χ4n) is 7.00. The van der Waals surface area contributed by atoms with Gasteiger partial charge >= 0.3 is 0 Å². The molecule has 0 radical (unpaired) electrons. The van der Waals surface area contributed by atoms with E-state index in [0.717, 1.165) is 17.9 Å². The molecule has 5 unspecified atom stereocenters. The SMILES string of the molecule is CC1(C)CCCC2=CC2C2CCCC3(C)CCCC(CCC1)NC2(C)CC3. The van der Waals surface area contributed by atoms with Crippen molar-refractivity contribution in [2.75, 3.05) is 0 Å². The van der Waals surface area contributed by atoms with Crippen LogP contribution >= 0.6 is 0 Å². The standard InChI is InChI=1S/C26H45N/c1-24(2)13-5-9-20-19-22(20)23-12-8-16-25(3)15-7-11-21(10-6-14-24)27-26(23,4)18-17-25/h19,21-23,27H,5-18H2,1-4H3. The molecule has 1 nitrogen and oxygen atoms in total. The van der Waals surface area contributed by atoms with Crippen LogP contribution in [0, 0.1) is 22.7 Å². The first-order valence-electron chi connectivity index (χ1n) is 12.3. The van der Waals surface area contributed by atoms with Crippen molar-refractivity contribution in [1.82, 2.24) is 5.32 Å². The molecule has 154 valence electrons. The van der Waals surface area contributed by atoms with E-state index >= 15 is 0 Å². The van der Waals surface area contributed by atoms with Crippen molar-refractivity contribution >= 4 is 0 Å². The first kappa shape index (κ1) is 20.0. The van der Waals surface area contributed by atoms with Crippen molar-refractivity contribution < 1.29 is 0 Å². The fourth-order valence-corrected chi connectivity index (χ4v) is 7.00. The Bertz CT molecular complexity index is 561. The van der Waals surface area contributed by atoms with E-state index in [4.69, 9.17) is 0 Å². The molecular formula is C26H45N. The van der Waals surface area contributed by atoms with Crippen LogP contribution in [0.25, 0.3) is 0 Å². The van der Waals surface area contributed by atoms with Gasteiger partial charge < -0.3 is 5.32 Å². The molecule has 2 saturated heterocycles. The average Bonchev–Trinajstić information content (AvgIpc) is 3.32. The van der Waals surface area contributed by atoms with E-state index in [2.05, 4.69) is 39.1 Å². The van der Waals surface area contributed by atoms with Gasteiger partial charge in [-0.25, -0.2) is 0 Å². The number of hydrogen-bond acceptors (Lipinski definition) is 1. The summed E-state index contributed by atoms with van der Waals surface area (Å²) in [6.45, 7) is 10.3. The van der Waals surface area contributed by atoms with Gasteiger partial charge in [-0.3, -0.25) is 0 Å². The monoisotopic (exact) mass is 371 g/mol. The Balaban J connectivity index is 1.60. The number of nitrogens with one attached hydrogen (secondary N) is 1. The molecule has 4 rings (SSSR count). The van der Waals surface area contributed by atoms with Crippen LogP contribution in [-0.4, -0.2) is 11.6 Å². The maximum absolute atomic E-state index is 4.33. The Kier molecular flexibility index (Phi) is 5.56. The number of allylic oxidation sites excluding steroid dienone is 2. The van der Waals surface area contributed by atoms with Gasteiger partial charge in [0.1, 0.15) is 0 Å². The number of rotatable bonds is 0. The lowest BCUT2D eigenvalue weighted by Crippen LogP contribution is -2.54. The highest BCUT2D eigenvalue weighted by atomic mass is 15.0. The van der Waals surface area contributed by atoms with Crippen molar-refractivity contribution in [3.63, 3.8) is 0 Å². The molecule has 0 aromatic rings. The minimum atomic E-state index is 0.350. The summed E-state index contributed by atoms with van der Waals surface area (Å²) in [5, 5.41) is 4.33.